The maximum absolute atomic E-state index is 10.2. The Morgan fingerprint density at radius 3 is 2.40 bits per heavy atom. The first kappa shape index (κ1) is 7.97. The van der Waals surface area contributed by atoms with Crippen molar-refractivity contribution in [1.82, 2.24) is 4.90 Å². The Morgan fingerprint density at radius 1 is 1.40 bits per heavy atom. The molecule has 0 aromatic heterocycles. The van der Waals surface area contributed by atoms with Crippen LogP contribution in [0.3, 0.4) is 0 Å². The van der Waals surface area contributed by atoms with Gasteiger partial charge in [-0.3, -0.25) is 4.55 Å². The molecule has 0 aliphatic carbocycles. The van der Waals surface area contributed by atoms with Crippen LogP contribution in [0.25, 0.3) is 0 Å². The monoisotopic (exact) mass is 165 g/mol. The van der Waals surface area contributed by atoms with Crippen LogP contribution in [0.1, 0.15) is 6.42 Å². The minimum Gasteiger partial charge on any atom is -0.301 e. The molecule has 1 rings (SSSR count). The highest BCUT2D eigenvalue weighted by atomic mass is 32.2. The summed E-state index contributed by atoms with van der Waals surface area (Å²) in [7, 11) is -3.72. The Morgan fingerprint density at radius 2 is 2.00 bits per heavy atom. The van der Waals surface area contributed by atoms with Gasteiger partial charge in [-0.2, -0.15) is 8.42 Å². The molecule has 1 saturated heterocycles. The minimum absolute atomic E-state index is 0.108. The Labute approximate surface area is 60.6 Å². The molecule has 1 heterocycles. The summed E-state index contributed by atoms with van der Waals surface area (Å²) in [6.07, 6.45) is 0.541. The van der Waals surface area contributed by atoms with Crippen molar-refractivity contribution < 1.29 is 13.0 Å². The van der Waals surface area contributed by atoms with E-state index in [1.165, 1.54) is 0 Å². The Kier molecular flexibility index (Phi) is 2.28. The summed E-state index contributed by atoms with van der Waals surface area (Å²) in [6.45, 7) is 2.94. The molecule has 0 saturated carbocycles. The van der Waals surface area contributed by atoms with E-state index in [2.05, 4.69) is 4.90 Å². The molecule has 60 valence electrons. The Bertz CT molecular complexity index is 195. The second-order valence-electron chi connectivity index (χ2n) is 2.48. The van der Waals surface area contributed by atoms with E-state index in [4.69, 9.17) is 4.55 Å². The molecule has 10 heavy (non-hydrogen) atoms. The van der Waals surface area contributed by atoms with Gasteiger partial charge in [0.2, 0.25) is 0 Å². The van der Waals surface area contributed by atoms with E-state index in [0.29, 0.717) is 6.42 Å². The highest BCUT2D eigenvalue weighted by Gasteiger charge is 2.16. The summed E-state index contributed by atoms with van der Waals surface area (Å²) < 4.78 is 28.6. The van der Waals surface area contributed by atoms with Gasteiger partial charge in [-0.15, -0.1) is 0 Å². The van der Waals surface area contributed by atoms with Crippen LogP contribution in [-0.2, 0) is 10.1 Å². The molecule has 0 aromatic carbocycles. The molecular formula is C5H11NO3S. The van der Waals surface area contributed by atoms with Gasteiger partial charge in [-0.25, -0.2) is 0 Å². The van der Waals surface area contributed by atoms with Crippen molar-refractivity contribution in [2.24, 2.45) is 0 Å². The highest BCUT2D eigenvalue weighted by molar-refractivity contribution is 7.85. The Hall–Kier alpha value is -0.130. The largest absolute Gasteiger partial charge is 0.301 e. The highest BCUT2D eigenvalue weighted by Crippen LogP contribution is 2.03. The van der Waals surface area contributed by atoms with Crippen molar-refractivity contribution in [2.75, 3.05) is 25.4 Å². The summed E-state index contributed by atoms with van der Waals surface area (Å²) in [4.78, 5) is 2.12. The van der Waals surface area contributed by atoms with Crippen LogP contribution in [0, 0.1) is 0 Å². The van der Waals surface area contributed by atoms with Gasteiger partial charge < -0.3 is 4.90 Å². The molecule has 1 fully saturated rings. The fraction of sp³-hybridized carbons (Fsp3) is 1.00. The average Bonchev–Trinajstić information content (AvgIpc) is 2.45. The fourth-order valence-corrected chi connectivity index (χ4v) is 1.26. The van der Waals surface area contributed by atoms with E-state index in [9.17, 15) is 8.42 Å². The van der Waals surface area contributed by atoms with Crippen molar-refractivity contribution in [3.05, 3.63) is 0 Å². The van der Waals surface area contributed by atoms with Crippen LogP contribution in [0.2, 0.25) is 0 Å². The summed E-state index contributed by atoms with van der Waals surface area (Å²) in [5.74, 6) is -0.108. The van der Waals surface area contributed by atoms with E-state index in [-0.39, 0.29) is 5.75 Å². The zero-order valence-electron chi connectivity index (χ0n) is 5.65. The standard InChI is InChI=1S/C5H11NO3S/c7-10(8,9)5-1-2-6-3-4-6/h1-5H2,(H,7,8,9). The molecule has 0 radical (unpaired) electrons. The molecule has 0 amide bonds. The van der Waals surface area contributed by atoms with Crippen LogP contribution >= 0.6 is 0 Å². The Balaban J connectivity index is 2.04. The number of nitrogens with zero attached hydrogens (tertiary/aromatic N) is 1. The molecule has 0 spiro atoms. The molecule has 1 aliphatic rings. The van der Waals surface area contributed by atoms with Crippen molar-refractivity contribution in [1.29, 1.82) is 0 Å². The first-order valence-electron chi connectivity index (χ1n) is 3.25. The van der Waals surface area contributed by atoms with Gasteiger partial charge >= 0.3 is 0 Å². The molecule has 5 heteroatoms. The average molecular weight is 165 g/mol. The summed E-state index contributed by atoms with van der Waals surface area (Å²) in [5, 5.41) is 0. The van der Waals surface area contributed by atoms with Crippen LogP contribution in [0.4, 0.5) is 0 Å². The van der Waals surface area contributed by atoms with Gasteiger partial charge in [0.25, 0.3) is 10.1 Å². The van der Waals surface area contributed by atoms with Crippen molar-refractivity contribution in [2.45, 2.75) is 6.42 Å². The van der Waals surface area contributed by atoms with E-state index in [0.717, 1.165) is 19.6 Å². The predicted molar refractivity (Wildman–Crippen MR) is 37.5 cm³/mol. The van der Waals surface area contributed by atoms with E-state index in [1.54, 1.807) is 0 Å². The quantitative estimate of drug-likeness (QED) is 0.454. The maximum Gasteiger partial charge on any atom is 0.264 e. The predicted octanol–water partition coefficient (Wildman–Crippen LogP) is -0.420. The zero-order chi connectivity index (χ0) is 7.61. The molecule has 4 nitrogen and oxygen atoms in total. The fourth-order valence-electron chi connectivity index (χ4n) is 0.765. The molecule has 0 atom stereocenters. The lowest BCUT2D eigenvalue weighted by Gasteiger charge is -1.97. The summed E-state index contributed by atoms with van der Waals surface area (Å²) >= 11 is 0. The second-order valence-corrected chi connectivity index (χ2v) is 4.05. The normalized spacial score (nSPS) is 19.3. The third kappa shape index (κ3) is 3.81. The van der Waals surface area contributed by atoms with Crippen LogP contribution in [0.15, 0.2) is 0 Å². The van der Waals surface area contributed by atoms with Crippen molar-refractivity contribution in [3.8, 4) is 0 Å². The smallest absolute Gasteiger partial charge is 0.264 e. The van der Waals surface area contributed by atoms with Gasteiger partial charge in [0.15, 0.2) is 0 Å². The number of rotatable bonds is 4. The zero-order valence-corrected chi connectivity index (χ0v) is 6.47. The third-order valence-electron chi connectivity index (χ3n) is 1.42. The van der Waals surface area contributed by atoms with Crippen LogP contribution in [-0.4, -0.2) is 43.3 Å². The molecule has 1 aliphatic heterocycles. The second kappa shape index (κ2) is 2.86. The van der Waals surface area contributed by atoms with Gasteiger partial charge in [0.05, 0.1) is 5.75 Å². The van der Waals surface area contributed by atoms with E-state index in [1.807, 2.05) is 0 Å². The SMILES string of the molecule is O=S(=O)(O)CCCN1CC1. The summed E-state index contributed by atoms with van der Waals surface area (Å²) in [6, 6.07) is 0. The molecule has 0 aromatic rings. The van der Waals surface area contributed by atoms with Gasteiger partial charge in [0.1, 0.15) is 0 Å². The van der Waals surface area contributed by atoms with Crippen LogP contribution < -0.4 is 0 Å². The third-order valence-corrected chi connectivity index (χ3v) is 2.22. The minimum atomic E-state index is -3.72. The van der Waals surface area contributed by atoms with Crippen molar-refractivity contribution >= 4 is 10.1 Å². The van der Waals surface area contributed by atoms with Gasteiger partial charge in [0, 0.05) is 13.1 Å². The maximum atomic E-state index is 10.2. The van der Waals surface area contributed by atoms with Crippen LogP contribution in [0.5, 0.6) is 0 Å². The molecule has 0 bridgehead atoms. The lowest BCUT2D eigenvalue weighted by atomic mass is 10.5. The van der Waals surface area contributed by atoms with E-state index < -0.39 is 10.1 Å². The molecular weight excluding hydrogens is 154 g/mol. The molecule has 1 N–H and O–H groups in total. The topological polar surface area (TPSA) is 57.4 Å². The van der Waals surface area contributed by atoms with Gasteiger partial charge in [-0.1, -0.05) is 0 Å². The van der Waals surface area contributed by atoms with Gasteiger partial charge in [-0.05, 0) is 13.0 Å². The first-order chi connectivity index (χ1) is 4.58. The summed E-state index contributed by atoms with van der Waals surface area (Å²) in [5.41, 5.74) is 0. The molecule has 0 unspecified atom stereocenters. The lowest BCUT2D eigenvalue weighted by Crippen LogP contribution is -2.09. The first-order valence-corrected chi connectivity index (χ1v) is 4.86. The van der Waals surface area contributed by atoms with Crippen molar-refractivity contribution in [3.63, 3.8) is 0 Å². The van der Waals surface area contributed by atoms with E-state index >= 15 is 0 Å². The number of hydrogen-bond donors (Lipinski definition) is 1. The number of hydrogen-bond acceptors (Lipinski definition) is 3. The lowest BCUT2D eigenvalue weighted by molar-refractivity contribution is 0.474.